The molecule has 0 heterocycles. The summed E-state index contributed by atoms with van der Waals surface area (Å²) in [5.74, 6) is 0.207. The number of methoxy groups -OCH3 is 1. The van der Waals surface area contributed by atoms with Crippen LogP contribution in [0.25, 0.3) is 0 Å². The molecule has 0 bridgehead atoms. The molecular weight excluding hydrogens is 263 g/mol. The second-order valence-electron chi connectivity index (χ2n) is 5.63. The molecule has 0 radical (unpaired) electrons. The van der Waals surface area contributed by atoms with Gasteiger partial charge in [0.2, 0.25) is 0 Å². The number of ether oxygens (including phenoxy) is 1. The summed E-state index contributed by atoms with van der Waals surface area (Å²) >= 11 is 0. The van der Waals surface area contributed by atoms with Gasteiger partial charge in [0, 0.05) is 12.1 Å². The van der Waals surface area contributed by atoms with Crippen molar-refractivity contribution < 1.29 is 19.0 Å². The van der Waals surface area contributed by atoms with E-state index in [4.69, 9.17) is 20.4 Å². The number of primary amides is 1. The van der Waals surface area contributed by atoms with Gasteiger partial charge in [0.1, 0.15) is 11.6 Å². The number of hydrogen-bond acceptors (Lipinski definition) is 3. The van der Waals surface area contributed by atoms with Crippen molar-refractivity contribution in [2.75, 3.05) is 7.11 Å². The van der Waals surface area contributed by atoms with Crippen molar-refractivity contribution in [3.8, 4) is 5.75 Å². The second-order valence-corrected chi connectivity index (χ2v) is 5.63. The minimum absolute atomic E-state index is 0.124. The number of hydrogen-bond donors (Lipinski definition) is 3. The van der Waals surface area contributed by atoms with Gasteiger partial charge in [0.25, 0.3) is 0 Å². The van der Waals surface area contributed by atoms with E-state index in [-0.39, 0.29) is 17.3 Å². The highest BCUT2D eigenvalue weighted by Gasteiger charge is 2.18. The van der Waals surface area contributed by atoms with Gasteiger partial charge in [-0.1, -0.05) is 20.8 Å². The molecule has 1 aromatic carbocycles. The predicted molar refractivity (Wildman–Crippen MR) is 76.2 cm³/mol. The van der Waals surface area contributed by atoms with Gasteiger partial charge in [-0.2, -0.15) is 0 Å². The van der Waals surface area contributed by atoms with Crippen molar-refractivity contribution in [2.45, 2.75) is 33.2 Å². The number of rotatable bonds is 3. The molecule has 1 aromatic rings. The van der Waals surface area contributed by atoms with Gasteiger partial charge in [-0.25, -0.2) is 9.18 Å². The SMILES string of the molecule is COc1cc(F)cc(C(N)CC(C)(C)C)c1.NC(=O)O. The van der Waals surface area contributed by atoms with Crippen molar-refractivity contribution >= 4 is 6.09 Å². The third kappa shape index (κ3) is 8.31. The van der Waals surface area contributed by atoms with Crippen LogP contribution in [0.3, 0.4) is 0 Å². The number of carbonyl (C=O) groups is 1. The molecule has 20 heavy (non-hydrogen) atoms. The largest absolute Gasteiger partial charge is 0.497 e. The lowest BCUT2D eigenvalue weighted by Crippen LogP contribution is -2.18. The average molecular weight is 286 g/mol. The Hall–Kier alpha value is -1.82. The molecular formula is C14H23FN2O3. The molecule has 0 aliphatic heterocycles. The third-order valence-electron chi connectivity index (χ3n) is 2.39. The predicted octanol–water partition coefficient (Wildman–Crippen LogP) is 2.89. The zero-order valence-electron chi connectivity index (χ0n) is 12.3. The fourth-order valence-corrected chi connectivity index (χ4v) is 1.69. The van der Waals surface area contributed by atoms with Gasteiger partial charge < -0.3 is 21.3 Å². The minimum atomic E-state index is -1.33. The Morgan fingerprint density at radius 3 is 2.30 bits per heavy atom. The lowest BCUT2D eigenvalue weighted by Gasteiger charge is -2.23. The van der Waals surface area contributed by atoms with Crippen molar-refractivity contribution in [3.05, 3.63) is 29.6 Å². The van der Waals surface area contributed by atoms with E-state index in [0.29, 0.717) is 5.75 Å². The number of benzene rings is 1. The van der Waals surface area contributed by atoms with Crippen LogP contribution in [0.15, 0.2) is 18.2 Å². The second kappa shape index (κ2) is 7.69. The van der Waals surface area contributed by atoms with Crippen molar-refractivity contribution in [1.82, 2.24) is 0 Å². The summed E-state index contributed by atoms with van der Waals surface area (Å²) in [6.07, 6.45) is -0.528. The molecule has 0 spiro atoms. The van der Waals surface area contributed by atoms with Crippen LogP contribution in [-0.2, 0) is 0 Å². The Labute approximate surface area is 118 Å². The first kappa shape index (κ1) is 18.2. The van der Waals surface area contributed by atoms with Gasteiger partial charge in [-0.15, -0.1) is 0 Å². The van der Waals surface area contributed by atoms with Crippen molar-refractivity contribution in [2.24, 2.45) is 16.9 Å². The lowest BCUT2D eigenvalue weighted by atomic mass is 9.86. The van der Waals surface area contributed by atoms with E-state index in [2.05, 4.69) is 26.5 Å². The van der Waals surface area contributed by atoms with Crippen LogP contribution >= 0.6 is 0 Å². The highest BCUT2D eigenvalue weighted by atomic mass is 19.1. The molecule has 5 N–H and O–H groups in total. The fourth-order valence-electron chi connectivity index (χ4n) is 1.69. The quantitative estimate of drug-likeness (QED) is 0.795. The van der Waals surface area contributed by atoms with E-state index in [9.17, 15) is 4.39 Å². The Balaban J connectivity index is 0.000000796. The summed E-state index contributed by atoms with van der Waals surface area (Å²) < 4.78 is 18.3. The monoisotopic (exact) mass is 286 g/mol. The summed E-state index contributed by atoms with van der Waals surface area (Å²) in [5, 5.41) is 7.19. The highest BCUT2D eigenvalue weighted by molar-refractivity contribution is 5.61. The molecule has 0 aromatic heterocycles. The third-order valence-corrected chi connectivity index (χ3v) is 2.39. The fraction of sp³-hybridized carbons (Fsp3) is 0.500. The van der Waals surface area contributed by atoms with Crippen LogP contribution in [-0.4, -0.2) is 18.3 Å². The Morgan fingerprint density at radius 2 is 1.90 bits per heavy atom. The molecule has 0 saturated carbocycles. The maximum atomic E-state index is 13.3. The van der Waals surface area contributed by atoms with Gasteiger partial charge in [0.15, 0.2) is 0 Å². The van der Waals surface area contributed by atoms with Crippen LogP contribution in [0.4, 0.5) is 9.18 Å². The number of halogens is 1. The van der Waals surface area contributed by atoms with E-state index in [1.807, 2.05) is 0 Å². The van der Waals surface area contributed by atoms with Gasteiger partial charge in [-0.05, 0) is 29.5 Å². The van der Waals surface area contributed by atoms with Crippen LogP contribution in [0.5, 0.6) is 5.75 Å². The smallest absolute Gasteiger partial charge is 0.402 e. The normalized spacial score (nSPS) is 12.1. The summed E-state index contributed by atoms with van der Waals surface area (Å²) in [4.78, 5) is 8.78. The van der Waals surface area contributed by atoms with Crippen molar-refractivity contribution in [3.63, 3.8) is 0 Å². The van der Waals surface area contributed by atoms with E-state index >= 15 is 0 Å². The number of amides is 1. The van der Waals surface area contributed by atoms with Gasteiger partial charge in [-0.3, -0.25) is 0 Å². The summed E-state index contributed by atoms with van der Waals surface area (Å²) in [6.45, 7) is 6.34. The lowest BCUT2D eigenvalue weighted by molar-refractivity contribution is 0.205. The summed E-state index contributed by atoms with van der Waals surface area (Å²) in [5.41, 5.74) is 11.0. The van der Waals surface area contributed by atoms with E-state index in [1.54, 1.807) is 6.07 Å². The van der Waals surface area contributed by atoms with Gasteiger partial charge in [0.05, 0.1) is 7.11 Å². The van der Waals surface area contributed by atoms with Crippen LogP contribution in [0, 0.1) is 11.2 Å². The average Bonchev–Trinajstić information content (AvgIpc) is 2.25. The molecule has 1 rings (SSSR count). The van der Waals surface area contributed by atoms with Crippen LogP contribution < -0.4 is 16.2 Å². The number of carboxylic acid groups (broad SMARTS) is 1. The Kier molecular flexibility index (Phi) is 6.99. The van der Waals surface area contributed by atoms with E-state index in [0.717, 1.165) is 12.0 Å². The van der Waals surface area contributed by atoms with Gasteiger partial charge >= 0.3 is 6.09 Å². The molecule has 6 heteroatoms. The standard InChI is InChI=1S/C13H20FNO.CH3NO2/c1-13(2,3)8-12(15)9-5-10(14)7-11(6-9)16-4;2-1(3)4/h5-7,12H,8,15H2,1-4H3;2H2,(H,3,4). The Morgan fingerprint density at radius 1 is 1.40 bits per heavy atom. The first-order valence-corrected chi connectivity index (χ1v) is 6.13. The topological polar surface area (TPSA) is 98.6 Å². The van der Waals surface area contributed by atoms with Crippen LogP contribution in [0.1, 0.15) is 38.8 Å². The maximum Gasteiger partial charge on any atom is 0.402 e. The highest BCUT2D eigenvalue weighted by Crippen LogP contribution is 2.29. The zero-order chi connectivity index (χ0) is 15.9. The first-order chi connectivity index (χ1) is 9.05. The van der Waals surface area contributed by atoms with E-state index < -0.39 is 6.09 Å². The molecule has 1 atom stereocenters. The molecule has 5 nitrogen and oxygen atoms in total. The Bertz CT molecular complexity index is 441. The summed E-state index contributed by atoms with van der Waals surface area (Å²) in [7, 11) is 1.52. The molecule has 0 aliphatic rings. The van der Waals surface area contributed by atoms with Crippen LogP contribution in [0.2, 0.25) is 0 Å². The molecule has 0 fully saturated rings. The first-order valence-electron chi connectivity index (χ1n) is 6.13. The minimum Gasteiger partial charge on any atom is -0.497 e. The summed E-state index contributed by atoms with van der Waals surface area (Å²) in [6, 6.07) is 4.45. The number of nitrogens with two attached hydrogens (primary N) is 2. The maximum absolute atomic E-state index is 13.3. The zero-order valence-corrected chi connectivity index (χ0v) is 12.3. The van der Waals surface area contributed by atoms with E-state index in [1.165, 1.54) is 19.2 Å². The van der Waals surface area contributed by atoms with Crippen molar-refractivity contribution in [1.29, 1.82) is 0 Å². The molecule has 1 amide bonds. The molecule has 114 valence electrons. The molecule has 0 aliphatic carbocycles. The molecule has 0 saturated heterocycles. The molecule has 1 unspecified atom stereocenters.